The fourth-order valence-corrected chi connectivity index (χ4v) is 3.82. The summed E-state index contributed by atoms with van der Waals surface area (Å²) in [7, 11) is 1.82. The Balaban J connectivity index is 1.33. The van der Waals surface area contributed by atoms with Gasteiger partial charge in [-0.1, -0.05) is 30.0 Å². The summed E-state index contributed by atoms with van der Waals surface area (Å²) in [5.74, 6) is 0.696. The number of nitrogens with zero attached hydrogens (tertiary/aromatic N) is 5. The Morgan fingerprint density at radius 3 is 2.58 bits per heavy atom. The summed E-state index contributed by atoms with van der Waals surface area (Å²) in [5.41, 5.74) is 2.81. The number of anilines is 2. The van der Waals surface area contributed by atoms with Gasteiger partial charge in [-0.15, -0.1) is 10.2 Å². The number of imidazole rings is 1. The average molecular weight is 462 g/mol. The van der Waals surface area contributed by atoms with E-state index >= 15 is 0 Å². The molecular formula is C23H23N7O2S. The molecule has 0 aliphatic rings. The largest absolute Gasteiger partial charge is 0.331 e. The lowest BCUT2D eigenvalue weighted by atomic mass is 10.1. The van der Waals surface area contributed by atoms with Crippen LogP contribution in [-0.4, -0.2) is 41.9 Å². The van der Waals surface area contributed by atoms with Crippen molar-refractivity contribution in [3.63, 3.8) is 0 Å². The van der Waals surface area contributed by atoms with E-state index in [1.54, 1.807) is 41.4 Å². The summed E-state index contributed by atoms with van der Waals surface area (Å²) >= 11 is 1.29. The van der Waals surface area contributed by atoms with Gasteiger partial charge in [-0.05, 0) is 42.8 Å². The van der Waals surface area contributed by atoms with Crippen LogP contribution in [0.2, 0.25) is 0 Å². The number of carbonyl (C=O) groups excluding carboxylic acids is 2. The van der Waals surface area contributed by atoms with Crippen LogP contribution in [0, 0.1) is 6.92 Å². The molecule has 0 atom stereocenters. The van der Waals surface area contributed by atoms with Crippen molar-refractivity contribution in [3.05, 3.63) is 84.2 Å². The van der Waals surface area contributed by atoms with Crippen molar-refractivity contribution in [2.45, 2.75) is 18.6 Å². The summed E-state index contributed by atoms with van der Waals surface area (Å²) in [6.07, 6.45) is 5.29. The van der Waals surface area contributed by atoms with Gasteiger partial charge in [0.05, 0.1) is 5.75 Å². The lowest BCUT2D eigenvalue weighted by Gasteiger charge is -2.10. The standard InChI is InChI=1S/C23H23N7O2S/c1-16-24-10-11-30(16)13-17-6-8-19(9-7-17)27-22(32)18-4-3-5-20(12-18)26-21(31)14-33-23-28-25-15-29(23)2/h3-12,15H,13-14H2,1-2H3,(H,26,31)(H,27,32). The first kappa shape index (κ1) is 22.3. The molecule has 0 bridgehead atoms. The Labute approximate surface area is 195 Å². The molecule has 10 heteroatoms. The molecule has 0 radical (unpaired) electrons. The van der Waals surface area contributed by atoms with E-state index in [9.17, 15) is 9.59 Å². The minimum Gasteiger partial charge on any atom is -0.331 e. The highest BCUT2D eigenvalue weighted by Crippen LogP contribution is 2.17. The molecule has 9 nitrogen and oxygen atoms in total. The quantitative estimate of drug-likeness (QED) is 0.390. The van der Waals surface area contributed by atoms with Crippen molar-refractivity contribution in [2.24, 2.45) is 7.05 Å². The van der Waals surface area contributed by atoms with Gasteiger partial charge < -0.3 is 19.8 Å². The van der Waals surface area contributed by atoms with Crippen LogP contribution in [0.5, 0.6) is 0 Å². The van der Waals surface area contributed by atoms with Crippen molar-refractivity contribution in [3.8, 4) is 0 Å². The van der Waals surface area contributed by atoms with Gasteiger partial charge in [0.1, 0.15) is 12.2 Å². The molecule has 0 aliphatic heterocycles. The molecule has 0 fully saturated rings. The maximum Gasteiger partial charge on any atom is 0.255 e. The van der Waals surface area contributed by atoms with E-state index in [1.165, 1.54) is 11.8 Å². The van der Waals surface area contributed by atoms with Crippen molar-refractivity contribution >= 4 is 35.0 Å². The molecule has 168 valence electrons. The van der Waals surface area contributed by atoms with E-state index in [4.69, 9.17) is 0 Å². The fraction of sp³-hybridized carbons (Fsp3) is 0.174. The number of rotatable bonds is 8. The van der Waals surface area contributed by atoms with E-state index in [1.807, 2.05) is 44.4 Å². The van der Waals surface area contributed by atoms with Crippen LogP contribution in [0.4, 0.5) is 11.4 Å². The highest BCUT2D eigenvalue weighted by atomic mass is 32.2. The summed E-state index contributed by atoms with van der Waals surface area (Å²) in [5, 5.41) is 14.1. The Morgan fingerprint density at radius 1 is 1.06 bits per heavy atom. The molecule has 0 spiro atoms. The van der Waals surface area contributed by atoms with Crippen molar-refractivity contribution in [1.82, 2.24) is 24.3 Å². The molecule has 2 aromatic carbocycles. The number of aryl methyl sites for hydroxylation is 2. The molecule has 2 amide bonds. The first-order chi connectivity index (χ1) is 16.0. The minimum absolute atomic E-state index is 0.188. The first-order valence-corrected chi connectivity index (χ1v) is 11.2. The normalized spacial score (nSPS) is 10.7. The number of hydrogen-bond acceptors (Lipinski definition) is 6. The monoisotopic (exact) mass is 461 g/mol. The third-order valence-corrected chi connectivity index (χ3v) is 5.93. The predicted octanol–water partition coefficient (Wildman–Crippen LogP) is 3.35. The van der Waals surface area contributed by atoms with Crippen molar-refractivity contribution in [1.29, 1.82) is 0 Å². The molecule has 33 heavy (non-hydrogen) atoms. The number of carbonyl (C=O) groups is 2. The predicted molar refractivity (Wildman–Crippen MR) is 127 cm³/mol. The van der Waals surface area contributed by atoms with E-state index in [2.05, 4.69) is 30.4 Å². The maximum absolute atomic E-state index is 12.7. The Bertz CT molecular complexity index is 1260. The Hall–Kier alpha value is -3.92. The van der Waals surface area contributed by atoms with Crippen LogP contribution in [0.15, 0.2) is 72.4 Å². The highest BCUT2D eigenvalue weighted by Gasteiger charge is 2.10. The zero-order chi connectivity index (χ0) is 23.2. The molecule has 4 rings (SSSR count). The summed E-state index contributed by atoms with van der Waals surface area (Å²) in [6, 6.07) is 14.5. The van der Waals surface area contributed by atoms with E-state index < -0.39 is 0 Å². The van der Waals surface area contributed by atoms with Gasteiger partial charge in [0, 0.05) is 42.9 Å². The molecular weight excluding hydrogens is 438 g/mol. The number of aromatic nitrogens is 5. The van der Waals surface area contributed by atoms with Gasteiger partial charge in [-0.25, -0.2) is 4.98 Å². The Morgan fingerprint density at radius 2 is 1.88 bits per heavy atom. The first-order valence-electron chi connectivity index (χ1n) is 10.2. The molecule has 2 heterocycles. The second-order valence-electron chi connectivity index (χ2n) is 7.40. The van der Waals surface area contributed by atoms with Crippen LogP contribution in [0.1, 0.15) is 21.7 Å². The number of amides is 2. The van der Waals surface area contributed by atoms with Crippen molar-refractivity contribution < 1.29 is 9.59 Å². The van der Waals surface area contributed by atoms with Crippen LogP contribution < -0.4 is 10.6 Å². The highest BCUT2D eigenvalue weighted by molar-refractivity contribution is 7.99. The Kier molecular flexibility index (Phi) is 6.84. The average Bonchev–Trinajstić information content (AvgIpc) is 3.41. The van der Waals surface area contributed by atoms with Crippen LogP contribution in [0.25, 0.3) is 0 Å². The molecule has 2 aromatic heterocycles. The van der Waals surface area contributed by atoms with Gasteiger partial charge in [0.25, 0.3) is 5.91 Å². The van der Waals surface area contributed by atoms with Gasteiger partial charge in [0.15, 0.2) is 5.16 Å². The molecule has 2 N–H and O–H groups in total. The SMILES string of the molecule is Cc1nccn1Cc1ccc(NC(=O)c2cccc(NC(=O)CSc3nncn3C)c2)cc1. The lowest BCUT2D eigenvalue weighted by molar-refractivity contribution is -0.113. The van der Waals surface area contributed by atoms with Crippen LogP contribution in [0.3, 0.4) is 0 Å². The smallest absolute Gasteiger partial charge is 0.255 e. The zero-order valence-electron chi connectivity index (χ0n) is 18.2. The van der Waals surface area contributed by atoms with E-state index in [-0.39, 0.29) is 17.6 Å². The maximum atomic E-state index is 12.7. The summed E-state index contributed by atoms with van der Waals surface area (Å²) in [6.45, 7) is 2.68. The third-order valence-electron chi connectivity index (χ3n) is 4.90. The minimum atomic E-state index is -0.252. The van der Waals surface area contributed by atoms with Crippen LogP contribution >= 0.6 is 11.8 Å². The van der Waals surface area contributed by atoms with Crippen LogP contribution in [-0.2, 0) is 18.4 Å². The third kappa shape index (κ3) is 5.86. The molecule has 0 saturated heterocycles. The van der Waals surface area contributed by atoms with E-state index in [0.717, 1.165) is 17.9 Å². The molecule has 0 saturated carbocycles. The van der Waals surface area contributed by atoms with E-state index in [0.29, 0.717) is 22.1 Å². The number of benzene rings is 2. The number of thioether (sulfide) groups is 1. The van der Waals surface area contributed by atoms with Gasteiger partial charge in [0.2, 0.25) is 5.91 Å². The molecule has 0 unspecified atom stereocenters. The van der Waals surface area contributed by atoms with Crippen molar-refractivity contribution in [2.75, 3.05) is 16.4 Å². The molecule has 4 aromatic rings. The fourth-order valence-electron chi connectivity index (χ4n) is 3.13. The van der Waals surface area contributed by atoms with Gasteiger partial charge >= 0.3 is 0 Å². The number of nitrogens with one attached hydrogen (secondary N) is 2. The van der Waals surface area contributed by atoms with Gasteiger partial charge in [-0.3, -0.25) is 9.59 Å². The summed E-state index contributed by atoms with van der Waals surface area (Å²) < 4.78 is 3.80. The topological polar surface area (TPSA) is 107 Å². The second kappa shape index (κ2) is 10.1. The number of hydrogen-bond donors (Lipinski definition) is 2. The molecule has 0 aliphatic carbocycles. The zero-order valence-corrected chi connectivity index (χ0v) is 19.0. The van der Waals surface area contributed by atoms with Gasteiger partial charge in [-0.2, -0.15) is 0 Å². The summed E-state index contributed by atoms with van der Waals surface area (Å²) in [4.78, 5) is 29.2. The lowest BCUT2D eigenvalue weighted by Crippen LogP contribution is -2.16. The second-order valence-corrected chi connectivity index (χ2v) is 8.34.